The molecule has 0 atom stereocenters. The molecule has 3 aromatic heterocycles. The standard InChI is InChI=1S/C34H21N3OS/c1-20-14-17-29-26(18-20)31-25(11-7-13-30(31)39-29)34-36-32(21-8-3-2-4-9-21)35-33(37-34)22-15-16-24-23-10-5-6-12-27(23)38-28(24)19-22/h2-19H,1H3. The number of para-hydroxylation sites is 1. The molecule has 0 aliphatic heterocycles. The molecule has 39 heavy (non-hydrogen) atoms. The molecule has 4 nitrogen and oxygen atoms in total. The second-order valence-electron chi connectivity index (χ2n) is 9.76. The third kappa shape index (κ3) is 3.62. The van der Waals surface area contributed by atoms with Crippen molar-refractivity contribution in [2.24, 2.45) is 0 Å². The minimum Gasteiger partial charge on any atom is -0.456 e. The van der Waals surface area contributed by atoms with E-state index in [1.807, 2.05) is 54.6 Å². The molecule has 0 spiro atoms. The number of aryl methyl sites for hydroxylation is 1. The summed E-state index contributed by atoms with van der Waals surface area (Å²) in [6.07, 6.45) is 0. The molecule has 0 saturated carbocycles. The van der Waals surface area contributed by atoms with Crippen LogP contribution in [-0.4, -0.2) is 15.0 Å². The van der Waals surface area contributed by atoms with Gasteiger partial charge < -0.3 is 4.42 Å². The Bertz CT molecular complexity index is 2190. The zero-order valence-electron chi connectivity index (χ0n) is 21.1. The van der Waals surface area contributed by atoms with Gasteiger partial charge in [-0.25, -0.2) is 15.0 Å². The largest absolute Gasteiger partial charge is 0.456 e. The van der Waals surface area contributed by atoms with Gasteiger partial charge in [-0.3, -0.25) is 0 Å². The van der Waals surface area contributed by atoms with Crippen molar-refractivity contribution in [3.8, 4) is 34.2 Å². The molecule has 0 fully saturated rings. The number of nitrogens with zero attached hydrogens (tertiary/aromatic N) is 3. The molecule has 184 valence electrons. The van der Waals surface area contributed by atoms with Gasteiger partial charge in [-0.15, -0.1) is 11.3 Å². The summed E-state index contributed by atoms with van der Waals surface area (Å²) in [6.45, 7) is 2.13. The lowest BCUT2D eigenvalue weighted by Crippen LogP contribution is -2.00. The maximum Gasteiger partial charge on any atom is 0.164 e. The SMILES string of the molecule is Cc1ccc2sc3cccc(-c4nc(-c5ccccc5)nc(-c5ccc6c(c5)oc5ccccc56)n4)c3c2c1. The first-order valence-electron chi connectivity index (χ1n) is 12.9. The van der Waals surface area contributed by atoms with E-state index in [0.717, 1.165) is 38.6 Å². The van der Waals surface area contributed by atoms with Crippen molar-refractivity contribution >= 4 is 53.4 Å². The van der Waals surface area contributed by atoms with Gasteiger partial charge in [-0.1, -0.05) is 78.4 Å². The maximum absolute atomic E-state index is 6.18. The first kappa shape index (κ1) is 22.1. The lowest BCUT2D eigenvalue weighted by Gasteiger charge is -2.09. The summed E-state index contributed by atoms with van der Waals surface area (Å²) in [5, 5.41) is 4.60. The molecule has 8 rings (SSSR count). The molecule has 0 amide bonds. The van der Waals surface area contributed by atoms with Gasteiger partial charge in [0.1, 0.15) is 11.2 Å². The van der Waals surface area contributed by atoms with E-state index in [-0.39, 0.29) is 0 Å². The smallest absolute Gasteiger partial charge is 0.164 e. The van der Waals surface area contributed by atoms with Crippen LogP contribution in [0.2, 0.25) is 0 Å². The van der Waals surface area contributed by atoms with Crippen LogP contribution in [-0.2, 0) is 0 Å². The highest BCUT2D eigenvalue weighted by Gasteiger charge is 2.18. The quantitative estimate of drug-likeness (QED) is 0.233. The van der Waals surface area contributed by atoms with Gasteiger partial charge in [0, 0.05) is 47.6 Å². The fourth-order valence-electron chi connectivity index (χ4n) is 5.33. The maximum atomic E-state index is 6.18. The number of fused-ring (bicyclic) bond motifs is 6. The number of hydrogen-bond acceptors (Lipinski definition) is 5. The Morgan fingerprint density at radius 3 is 2.21 bits per heavy atom. The van der Waals surface area contributed by atoms with Gasteiger partial charge in [0.05, 0.1) is 0 Å². The normalized spacial score (nSPS) is 11.7. The number of rotatable bonds is 3. The van der Waals surface area contributed by atoms with E-state index < -0.39 is 0 Å². The zero-order chi connectivity index (χ0) is 25.9. The molecule has 5 heteroatoms. The van der Waals surface area contributed by atoms with E-state index in [2.05, 4.69) is 61.5 Å². The Balaban J connectivity index is 1.39. The van der Waals surface area contributed by atoms with Crippen LogP contribution >= 0.6 is 11.3 Å². The molecule has 0 aliphatic rings. The molecule has 0 N–H and O–H groups in total. The molecule has 0 saturated heterocycles. The van der Waals surface area contributed by atoms with Gasteiger partial charge >= 0.3 is 0 Å². The number of furan rings is 1. The average Bonchev–Trinajstić information content (AvgIpc) is 3.55. The Morgan fingerprint density at radius 2 is 1.31 bits per heavy atom. The number of benzene rings is 5. The van der Waals surface area contributed by atoms with Crippen molar-refractivity contribution in [3.63, 3.8) is 0 Å². The highest BCUT2D eigenvalue weighted by Crippen LogP contribution is 2.40. The summed E-state index contributed by atoms with van der Waals surface area (Å²) < 4.78 is 8.66. The summed E-state index contributed by atoms with van der Waals surface area (Å²) in [7, 11) is 0. The predicted molar refractivity (Wildman–Crippen MR) is 161 cm³/mol. The average molecular weight is 520 g/mol. The predicted octanol–water partition coefficient (Wildman–Crippen LogP) is 9.45. The topological polar surface area (TPSA) is 51.8 Å². The molecule has 0 radical (unpaired) electrons. The Morgan fingerprint density at radius 1 is 0.538 bits per heavy atom. The minimum atomic E-state index is 0.619. The van der Waals surface area contributed by atoms with Crippen LogP contribution in [0.15, 0.2) is 114 Å². The van der Waals surface area contributed by atoms with E-state index in [9.17, 15) is 0 Å². The lowest BCUT2D eigenvalue weighted by molar-refractivity contribution is 0.669. The van der Waals surface area contributed by atoms with Crippen LogP contribution in [0.3, 0.4) is 0 Å². The third-order valence-corrected chi connectivity index (χ3v) is 8.33. The minimum absolute atomic E-state index is 0.619. The van der Waals surface area contributed by atoms with Crippen molar-refractivity contribution < 1.29 is 4.42 Å². The lowest BCUT2D eigenvalue weighted by atomic mass is 10.0. The van der Waals surface area contributed by atoms with Crippen LogP contribution in [0, 0.1) is 6.92 Å². The Kier molecular flexibility index (Phi) is 4.87. The van der Waals surface area contributed by atoms with Crippen molar-refractivity contribution in [2.45, 2.75) is 6.92 Å². The Labute approximate surface area is 228 Å². The van der Waals surface area contributed by atoms with E-state index in [0.29, 0.717) is 17.5 Å². The van der Waals surface area contributed by atoms with Gasteiger partial charge in [0.2, 0.25) is 0 Å². The van der Waals surface area contributed by atoms with E-state index >= 15 is 0 Å². The third-order valence-electron chi connectivity index (χ3n) is 7.20. The molecule has 8 aromatic rings. The van der Waals surface area contributed by atoms with Gasteiger partial charge in [0.15, 0.2) is 17.5 Å². The van der Waals surface area contributed by atoms with Gasteiger partial charge in [-0.05, 0) is 43.3 Å². The summed E-state index contributed by atoms with van der Waals surface area (Å²) >= 11 is 1.80. The second-order valence-corrected chi connectivity index (χ2v) is 10.8. The molecular weight excluding hydrogens is 498 g/mol. The van der Waals surface area contributed by atoms with E-state index in [1.165, 1.54) is 25.7 Å². The van der Waals surface area contributed by atoms with Crippen LogP contribution in [0.25, 0.3) is 76.3 Å². The summed E-state index contributed by atoms with van der Waals surface area (Å²) in [6, 6.07) is 37.4. The molecule has 3 heterocycles. The molecule has 0 aliphatic carbocycles. The second kappa shape index (κ2) is 8.58. The van der Waals surface area contributed by atoms with Crippen LogP contribution in [0.1, 0.15) is 5.56 Å². The highest BCUT2D eigenvalue weighted by atomic mass is 32.1. The molecule has 5 aromatic carbocycles. The summed E-state index contributed by atoms with van der Waals surface area (Å²) in [5.74, 6) is 1.93. The summed E-state index contributed by atoms with van der Waals surface area (Å²) in [4.78, 5) is 15.0. The van der Waals surface area contributed by atoms with Gasteiger partial charge in [0.25, 0.3) is 0 Å². The molecular formula is C34H21N3OS. The van der Waals surface area contributed by atoms with Crippen molar-refractivity contribution in [1.82, 2.24) is 15.0 Å². The first-order chi connectivity index (χ1) is 19.2. The fourth-order valence-corrected chi connectivity index (χ4v) is 6.45. The number of aromatic nitrogens is 3. The number of hydrogen-bond donors (Lipinski definition) is 0. The van der Waals surface area contributed by atoms with Crippen LogP contribution < -0.4 is 0 Å². The molecule has 0 bridgehead atoms. The highest BCUT2D eigenvalue weighted by molar-refractivity contribution is 7.25. The van der Waals surface area contributed by atoms with Crippen molar-refractivity contribution in [3.05, 3.63) is 115 Å². The Hall–Kier alpha value is -4.87. The van der Waals surface area contributed by atoms with Crippen LogP contribution in [0.4, 0.5) is 0 Å². The van der Waals surface area contributed by atoms with Crippen LogP contribution in [0.5, 0.6) is 0 Å². The van der Waals surface area contributed by atoms with Gasteiger partial charge in [-0.2, -0.15) is 0 Å². The monoisotopic (exact) mass is 519 g/mol. The van der Waals surface area contributed by atoms with E-state index in [1.54, 1.807) is 11.3 Å². The number of thiophene rings is 1. The zero-order valence-corrected chi connectivity index (χ0v) is 21.9. The fraction of sp³-hybridized carbons (Fsp3) is 0.0294. The summed E-state index contributed by atoms with van der Waals surface area (Å²) in [5.41, 5.74) is 5.77. The van der Waals surface area contributed by atoms with E-state index in [4.69, 9.17) is 19.4 Å². The first-order valence-corrected chi connectivity index (χ1v) is 13.7. The van der Waals surface area contributed by atoms with Crippen molar-refractivity contribution in [1.29, 1.82) is 0 Å². The van der Waals surface area contributed by atoms with Crippen molar-refractivity contribution in [2.75, 3.05) is 0 Å². The molecule has 0 unspecified atom stereocenters.